The molecule has 0 aromatic carbocycles. The van der Waals surface area contributed by atoms with Gasteiger partial charge in [-0.05, 0) is 24.6 Å². The van der Waals surface area contributed by atoms with Crippen LogP contribution in [-0.2, 0) is 17.4 Å². The fraction of sp³-hybridized carbons (Fsp3) is 0.273. The second-order valence-corrected chi connectivity index (χ2v) is 8.34. The van der Waals surface area contributed by atoms with E-state index in [9.17, 15) is 9.90 Å². The number of pyridine rings is 1. The molecule has 0 radical (unpaired) electrons. The summed E-state index contributed by atoms with van der Waals surface area (Å²) in [7, 11) is 3.53. The van der Waals surface area contributed by atoms with Crippen LogP contribution in [0.4, 0.5) is 11.8 Å². The third-order valence-electron chi connectivity index (χ3n) is 6.21. The lowest BCUT2D eigenvalue weighted by atomic mass is 9.95. The minimum absolute atomic E-state index is 0.0594. The van der Waals surface area contributed by atoms with E-state index >= 15 is 0 Å². The molecule has 11 heteroatoms. The number of carbonyl (C=O) groups is 1. The molecule has 0 spiro atoms. The number of nitrogens with one attached hydrogen (secondary N) is 1. The molecular formula is C22H20N8O3. The van der Waals surface area contributed by atoms with E-state index in [2.05, 4.69) is 30.5 Å². The van der Waals surface area contributed by atoms with Gasteiger partial charge in [0, 0.05) is 50.6 Å². The van der Waals surface area contributed by atoms with Crippen LogP contribution < -0.4 is 5.32 Å². The van der Waals surface area contributed by atoms with E-state index in [-0.39, 0.29) is 23.6 Å². The standard InChI is InChI=1S/C22H20N8O3/c1-29-9-7-19(27-29)26-21-23-8-6-15(25-21)13-4-3-5-14(24-13)16-11-18(33-28-16)22(32)12-10-17(12)30(2)20(22)31/h3-9,11-12,17,32H,10H2,1-2H3,(H,23,25,26,27). The molecule has 11 nitrogen and oxygen atoms in total. The number of amides is 1. The van der Waals surface area contributed by atoms with Crippen molar-refractivity contribution in [1.82, 2.24) is 34.8 Å². The number of likely N-dealkylation sites (N-methyl/N-ethyl adjacent to an activating group) is 1. The van der Waals surface area contributed by atoms with Gasteiger partial charge in [0.1, 0.15) is 5.69 Å². The van der Waals surface area contributed by atoms with Crippen molar-refractivity contribution < 1.29 is 14.4 Å². The molecule has 1 saturated carbocycles. The van der Waals surface area contributed by atoms with Crippen molar-refractivity contribution in [3.8, 4) is 22.8 Å². The molecule has 5 heterocycles. The van der Waals surface area contributed by atoms with Gasteiger partial charge >= 0.3 is 0 Å². The van der Waals surface area contributed by atoms with Gasteiger partial charge in [0.05, 0.1) is 17.1 Å². The minimum atomic E-state index is -1.67. The third kappa shape index (κ3) is 3.08. The van der Waals surface area contributed by atoms with Gasteiger partial charge < -0.3 is 19.8 Å². The number of piperidine rings is 1. The maximum atomic E-state index is 12.6. The van der Waals surface area contributed by atoms with Crippen LogP contribution in [-0.4, -0.2) is 58.9 Å². The average molecular weight is 444 g/mol. The predicted molar refractivity (Wildman–Crippen MR) is 116 cm³/mol. The van der Waals surface area contributed by atoms with Gasteiger partial charge in [-0.2, -0.15) is 5.10 Å². The quantitative estimate of drug-likeness (QED) is 0.472. The van der Waals surface area contributed by atoms with Crippen LogP contribution in [0.3, 0.4) is 0 Å². The van der Waals surface area contributed by atoms with Gasteiger partial charge in [0.25, 0.3) is 5.91 Å². The Morgan fingerprint density at radius 3 is 2.64 bits per heavy atom. The first-order valence-corrected chi connectivity index (χ1v) is 10.5. The molecule has 1 aliphatic carbocycles. The van der Waals surface area contributed by atoms with Crippen LogP contribution in [0, 0.1) is 5.92 Å². The second-order valence-electron chi connectivity index (χ2n) is 8.34. The summed E-state index contributed by atoms with van der Waals surface area (Å²) in [6.07, 6.45) is 4.21. The van der Waals surface area contributed by atoms with E-state index in [1.165, 1.54) is 0 Å². The molecular weight excluding hydrogens is 424 g/mol. The maximum Gasteiger partial charge on any atom is 0.262 e. The van der Waals surface area contributed by atoms with E-state index in [1.54, 1.807) is 41.0 Å². The monoisotopic (exact) mass is 444 g/mol. The van der Waals surface area contributed by atoms with E-state index in [1.807, 2.05) is 31.4 Å². The molecule has 1 aliphatic heterocycles. The number of rotatable bonds is 5. The van der Waals surface area contributed by atoms with Gasteiger partial charge in [0.2, 0.25) is 11.5 Å². The average Bonchev–Trinajstić information content (AvgIpc) is 3.20. The van der Waals surface area contributed by atoms with Crippen molar-refractivity contribution in [3.63, 3.8) is 0 Å². The Hall–Kier alpha value is -4.12. The first-order chi connectivity index (χ1) is 15.9. The zero-order chi connectivity index (χ0) is 22.7. The molecule has 1 amide bonds. The number of carbonyl (C=O) groups excluding carboxylic acids is 1. The summed E-state index contributed by atoms with van der Waals surface area (Å²) in [5.74, 6) is 0.653. The van der Waals surface area contributed by atoms with Crippen molar-refractivity contribution in [2.24, 2.45) is 13.0 Å². The molecule has 4 aromatic rings. The van der Waals surface area contributed by atoms with Gasteiger partial charge in [-0.1, -0.05) is 11.2 Å². The highest BCUT2D eigenvalue weighted by Crippen LogP contribution is 2.55. The predicted octanol–water partition coefficient (Wildman–Crippen LogP) is 1.72. The Balaban J connectivity index is 1.29. The molecule has 6 rings (SSSR count). The first kappa shape index (κ1) is 19.6. The Morgan fingerprint density at radius 1 is 1.12 bits per heavy atom. The highest BCUT2D eigenvalue weighted by Gasteiger charge is 2.68. The van der Waals surface area contributed by atoms with Crippen LogP contribution in [0.25, 0.3) is 22.8 Å². The van der Waals surface area contributed by atoms with Crippen molar-refractivity contribution in [2.45, 2.75) is 18.1 Å². The molecule has 4 aromatic heterocycles. The van der Waals surface area contributed by atoms with Gasteiger partial charge in [-0.15, -0.1) is 0 Å². The molecule has 2 fully saturated rings. The number of likely N-dealkylation sites (tertiary alicyclic amines) is 1. The number of aliphatic hydroxyl groups is 1. The van der Waals surface area contributed by atoms with Gasteiger partial charge in [0.15, 0.2) is 11.6 Å². The Kier molecular flexibility index (Phi) is 4.11. The van der Waals surface area contributed by atoms with Crippen molar-refractivity contribution in [3.05, 3.63) is 54.6 Å². The normalized spacial score (nSPS) is 23.6. The van der Waals surface area contributed by atoms with Crippen LogP contribution in [0.5, 0.6) is 0 Å². The van der Waals surface area contributed by atoms with Crippen molar-refractivity contribution in [1.29, 1.82) is 0 Å². The van der Waals surface area contributed by atoms with E-state index in [4.69, 9.17) is 4.52 Å². The number of nitrogens with zero attached hydrogens (tertiary/aromatic N) is 7. The smallest absolute Gasteiger partial charge is 0.262 e. The zero-order valence-corrected chi connectivity index (χ0v) is 17.9. The summed E-state index contributed by atoms with van der Waals surface area (Å²) >= 11 is 0. The molecule has 166 valence electrons. The van der Waals surface area contributed by atoms with Gasteiger partial charge in [-0.25, -0.2) is 15.0 Å². The van der Waals surface area contributed by atoms with Crippen LogP contribution in [0.15, 0.2) is 53.3 Å². The summed E-state index contributed by atoms with van der Waals surface area (Å²) in [6, 6.07) is 10.7. The molecule has 1 saturated heterocycles. The second kappa shape index (κ2) is 6.94. The summed E-state index contributed by atoms with van der Waals surface area (Å²) in [5.41, 5.74) is 0.527. The van der Waals surface area contributed by atoms with Crippen LogP contribution in [0.1, 0.15) is 12.2 Å². The van der Waals surface area contributed by atoms with Gasteiger partial charge in [-0.3, -0.25) is 9.48 Å². The fourth-order valence-corrected chi connectivity index (χ4v) is 4.38. The number of anilines is 2. The fourth-order valence-electron chi connectivity index (χ4n) is 4.38. The lowest BCUT2D eigenvalue weighted by Crippen LogP contribution is -2.40. The molecule has 2 aliphatic rings. The molecule has 2 N–H and O–H groups in total. The lowest BCUT2D eigenvalue weighted by Gasteiger charge is -2.21. The summed E-state index contributed by atoms with van der Waals surface area (Å²) < 4.78 is 7.10. The molecule has 33 heavy (non-hydrogen) atoms. The SMILES string of the molecule is CN1C(=O)C(O)(c2cc(-c3cccc(-c4ccnc(Nc5ccn(C)n5)n4)n3)no2)C2CC21. The highest BCUT2D eigenvalue weighted by molar-refractivity contribution is 5.90. The zero-order valence-electron chi connectivity index (χ0n) is 17.9. The molecule has 0 bridgehead atoms. The van der Waals surface area contributed by atoms with Crippen molar-refractivity contribution >= 4 is 17.7 Å². The first-order valence-electron chi connectivity index (χ1n) is 10.5. The Labute approximate surface area is 188 Å². The topological polar surface area (TPSA) is 135 Å². The van der Waals surface area contributed by atoms with E-state index < -0.39 is 5.60 Å². The maximum absolute atomic E-state index is 12.6. The number of hydrogen-bond acceptors (Lipinski definition) is 9. The number of aromatic nitrogens is 6. The van der Waals surface area contributed by atoms with E-state index in [0.717, 1.165) is 6.42 Å². The summed E-state index contributed by atoms with van der Waals surface area (Å²) in [5, 5.41) is 22.5. The minimum Gasteiger partial charge on any atom is -0.373 e. The molecule has 3 atom stereocenters. The van der Waals surface area contributed by atoms with Crippen LogP contribution in [0.2, 0.25) is 0 Å². The number of aryl methyl sites for hydroxylation is 1. The Bertz CT molecular complexity index is 1380. The largest absolute Gasteiger partial charge is 0.373 e. The van der Waals surface area contributed by atoms with Crippen molar-refractivity contribution in [2.75, 3.05) is 12.4 Å². The van der Waals surface area contributed by atoms with Crippen LogP contribution >= 0.6 is 0 Å². The number of hydrogen-bond donors (Lipinski definition) is 2. The highest BCUT2D eigenvalue weighted by atomic mass is 16.5. The Morgan fingerprint density at radius 2 is 1.91 bits per heavy atom. The third-order valence-corrected chi connectivity index (χ3v) is 6.21. The lowest BCUT2D eigenvalue weighted by molar-refractivity contribution is -0.149. The summed E-state index contributed by atoms with van der Waals surface area (Å²) in [4.78, 5) is 27.6. The summed E-state index contributed by atoms with van der Waals surface area (Å²) in [6.45, 7) is 0. The van der Waals surface area contributed by atoms with E-state index in [0.29, 0.717) is 34.5 Å². The molecule has 3 unspecified atom stereocenters. The number of fused-ring (bicyclic) bond motifs is 1.